The van der Waals surface area contributed by atoms with Gasteiger partial charge in [-0.2, -0.15) is 0 Å². The van der Waals surface area contributed by atoms with Crippen LogP contribution in [0.3, 0.4) is 0 Å². The third-order valence-electron chi connectivity index (χ3n) is 4.76. The number of fused-ring (bicyclic) bond motifs is 1. The Morgan fingerprint density at radius 2 is 2.24 bits per heavy atom. The maximum atomic E-state index is 12.3. The van der Waals surface area contributed by atoms with Gasteiger partial charge in [0.05, 0.1) is 0 Å². The highest BCUT2D eigenvalue weighted by atomic mass is 32.1. The molecule has 0 radical (unpaired) electrons. The van der Waals surface area contributed by atoms with Gasteiger partial charge in [0.2, 0.25) is 0 Å². The van der Waals surface area contributed by atoms with Gasteiger partial charge in [0.25, 0.3) is 5.56 Å². The molecule has 130 valence electrons. The van der Waals surface area contributed by atoms with E-state index in [1.54, 1.807) is 24.0 Å². The minimum absolute atomic E-state index is 0.0207. The molecular weight excluding hydrogens is 332 g/mol. The summed E-state index contributed by atoms with van der Waals surface area (Å²) in [6, 6.07) is 11.1. The van der Waals surface area contributed by atoms with Crippen molar-refractivity contribution in [3.8, 4) is 0 Å². The van der Waals surface area contributed by atoms with Crippen LogP contribution in [0.5, 0.6) is 0 Å². The first kappa shape index (κ1) is 16.3. The lowest BCUT2D eigenvalue weighted by atomic mass is 10.1. The van der Waals surface area contributed by atoms with Crippen LogP contribution in [0.4, 0.5) is 5.82 Å². The summed E-state index contributed by atoms with van der Waals surface area (Å²) >= 11 is 1.85. The number of nitrogens with one attached hydrogen (secondary N) is 1. The van der Waals surface area contributed by atoms with Crippen molar-refractivity contribution >= 4 is 27.2 Å². The van der Waals surface area contributed by atoms with Crippen LogP contribution < -0.4 is 15.8 Å². The number of aryl methyl sites for hydroxylation is 1. The number of aromatic nitrogens is 2. The summed E-state index contributed by atoms with van der Waals surface area (Å²) in [5.41, 5.74) is -0.0207. The van der Waals surface area contributed by atoms with Gasteiger partial charge in [0.15, 0.2) is 5.82 Å². The first-order chi connectivity index (χ1) is 12.2. The summed E-state index contributed by atoms with van der Waals surface area (Å²) in [5, 5.41) is 4.98. The van der Waals surface area contributed by atoms with Crippen LogP contribution in [-0.4, -0.2) is 28.7 Å². The van der Waals surface area contributed by atoms with E-state index >= 15 is 0 Å². The molecule has 1 aliphatic rings. The zero-order valence-electron chi connectivity index (χ0n) is 14.3. The molecule has 1 atom stereocenters. The lowest BCUT2D eigenvalue weighted by Crippen LogP contribution is -2.47. The Hall–Kier alpha value is -2.18. The number of thiophene rings is 1. The van der Waals surface area contributed by atoms with Gasteiger partial charge in [-0.05, 0) is 30.4 Å². The van der Waals surface area contributed by atoms with E-state index in [4.69, 9.17) is 0 Å². The van der Waals surface area contributed by atoms with Crippen LogP contribution in [0.25, 0.3) is 10.1 Å². The lowest BCUT2D eigenvalue weighted by Gasteiger charge is -2.33. The molecule has 6 heteroatoms. The van der Waals surface area contributed by atoms with Crippen LogP contribution in [-0.2, 0) is 13.6 Å². The Balaban J connectivity index is 1.43. The highest BCUT2D eigenvalue weighted by Crippen LogP contribution is 2.25. The van der Waals surface area contributed by atoms with Crippen LogP contribution in [0.2, 0.25) is 0 Å². The Labute approximate surface area is 150 Å². The van der Waals surface area contributed by atoms with Crippen molar-refractivity contribution in [1.82, 2.24) is 14.9 Å². The maximum Gasteiger partial charge on any atom is 0.293 e. The first-order valence-electron chi connectivity index (χ1n) is 8.68. The van der Waals surface area contributed by atoms with Gasteiger partial charge >= 0.3 is 0 Å². The summed E-state index contributed by atoms with van der Waals surface area (Å²) in [5.74, 6) is 0.568. The van der Waals surface area contributed by atoms with Crippen molar-refractivity contribution in [2.75, 3.05) is 18.0 Å². The molecule has 25 heavy (non-hydrogen) atoms. The summed E-state index contributed by atoms with van der Waals surface area (Å²) in [7, 11) is 1.77. The number of rotatable bonds is 4. The number of piperidine rings is 1. The maximum absolute atomic E-state index is 12.3. The van der Waals surface area contributed by atoms with E-state index in [0.717, 1.165) is 32.5 Å². The summed E-state index contributed by atoms with van der Waals surface area (Å²) in [6.45, 7) is 2.60. The molecular formula is C19H22N4OS. The number of benzene rings is 1. The number of hydrogen-bond donors (Lipinski definition) is 1. The van der Waals surface area contributed by atoms with E-state index in [9.17, 15) is 4.79 Å². The zero-order valence-corrected chi connectivity index (χ0v) is 15.1. The fraction of sp³-hybridized carbons (Fsp3) is 0.368. The quantitative estimate of drug-likeness (QED) is 0.783. The standard InChI is InChI=1S/C19H22N4OS/c1-22-10-8-20-18(19(22)24)23-9-4-6-15(13-23)21-12-16-11-14-5-2-3-7-17(14)25-16/h2-3,5,7-8,10-11,15,21H,4,6,9,12-13H2,1H3/t15-/m0/s1. The fourth-order valence-electron chi connectivity index (χ4n) is 3.41. The van der Waals surface area contributed by atoms with Gasteiger partial charge < -0.3 is 14.8 Å². The molecule has 4 rings (SSSR count). The van der Waals surface area contributed by atoms with Gasteiger partial charge in [0, 0.05) is 54.7 Å². The fourth-order valence-corrected chi connectivity index (χ4v) is 4.42. The second-order valence-corrected chi connectivity index (χ2v) is 7.75. The Kier molecular flexibility index (Phi) is 4.55. The van der Waals surface area contributed by atoms with Gasteiger partial charge in [-0.25, -0.2) is 4.98 Å². The van der Waals surface area contributed by atoms with Gasteiger partial charge in [-0.1, -0.05) is 18.2 Å². The van der Waals surface area contributed by atoms with Gasteiger partial charge in [-0.3, -0.25) is 4.79 Å². The molecule has 0 amide bonds. The molecule has 0 spiro atoms. The summed E-state index contributed by atoms with van der Waals surface area (Å²) < 4.78 is 2.93. The monoisotopic (exact) mass is 354 g/mol. The van der Waals surface area contributed by atoms with E-state index < -0.39 is 0 Å². The normalized spacial score (nSPS) is 18.0. The van der Waals surface area contributed by atoms with E-state index in [2.05, 4.69) is 45.5 Å². The van der Waals surface area contributed by atoms with E-state index in [-0.39, 0.29) is 5.56 Å². The number of hydrogen-bond acceptors (Lipinski definition) is 5. The van der Waals surface area contributed by atoms with Crippen molar-refractivity contribution in [3.63, 3.8) is 0 Å². The second kappa shape index (κ2) is 6.98. The van der Waals surface area contributed by atoms with Crippen LogP contribution in [0.1, 0.15) is 17.7 Å². The van der Waals surface area contributed by atoms with Crippen molar-refractivity contribution in [2.24, 2.45) is 7.05 Å². The second-order valence-electron chi connectivity index (χ2n) is 6.58. The molecule has 1 saturated heterocycles. The Morgan fingerprint density at radius 3 is 3.12 bits per heavy atom. The van der Waals surface area contributed by atoms with Gasteiger partial charge in [-0.15, -0.1) is 11.3 Å². The zero-order chi connectivity index (χ0) is 17.2. The SMILES string of the molecule is Cn1ccnc(N2CCC[C@H](NCc3cc4ccccc4s3)C2)c1=O. The summed E-state index contributed by atoms with van der Waals surface area (Å²) in [4.78, 5) is 20.1. The van der Waals surface area contributed by atoms with Crippen LogP contribution in [0, 0.1) is 0 Å². The Bertz CT molecular complexity index is 899. The Morgan fingerprint density at radius 1 is 1.36 bits per heavy atom. The van der Waals surface area contributed by atoms with Crippen molar-refractivity contribution in [3.05, 3.63) is 58.0 Å². The van der Waals surface area contributed by atoms with Crippen molar-refractivity contribution in [1.29, 1.82) is 0 Å². The first-order valence-corrected chi connectivity index (χ1v) is 9.50. The largest absolute Gasteiger partial charge is 0.350 e. The molecule has 2 aromatic heterocycles. The molecule has 0 unspecified atom stereocenters. The molecule has 0 saturated carbocycles. The molecule has 1 N–H and O–H groups in total. The minimum Gasteiger partial charge on any atom is -0.350 e. The lowest BCUT2D eigenvalue weighted by molar-refractivity contribution is 0.420. The molecule has 1 aromatic carbocycles. The van der Waals surface area contributed by atoms with Gasteiger partial charge in [0.1, 0.15) is 0 Å². The third kappa shape index (κ3) is 3.45. The molecule has 5 nitrogen and oxygen atoms in total. The number of anilines is 1. The van der Waals surface area contributed by atoms with E-state index in [1.165, 1.54) is 15.0 Å². The molecule has 1 fully saturated rings. The van der Waals surface area contributed by atoms with E-state index in [1.807, 2.05) is 11.3 Å². The highest BCUT2D eigenvalue weighted by molar-refractivity contribution is 7.19. The average molecular weight is 354 g/mol. The molecule has 3 heterocycles. The third-order valence-corrected chi connectivity index (χ3v) is 5.88. The molecule has 0 bridgehead atoms. The molecule has 0 aliphatic carbocycles. The predicted molar refractivity (Wildman–Crippen MR) is 103 cm³/mol. The minimum atomic E-state index is -0.0207. The smallest absolute Gasteiger partial charge is 0.293 e. The van der Waals surface area contributed by atoms with Crippen molar-refractivity contribution in [2.45, 2.75) is 25.4 Å². The van der Waals surface area contributed by atoms with Crippen LogP contribution in [0.15, 0.2) is 47.5 Å². The van der Waals surface area contributed by atoms with Crippen LogP contribution >= 0.6 is 11.3 Å². The van der Waals surface area contributed by atoms with E-state index in [0.29, 0.717) is 11.9 Å². The average Bonchev–Trinajstić information content (AvgIpc) is 3.05. The highest BCUT2D eigenvalue weighted by Gasteiger charge is 2.22. The molecule has 1 aliphatic heterocycles. The van der Waals surface area contributed by atoms with Crippen molar-refractivity contribution < 1.29 is 0 Å². The molecule has 3 aromatic rings. The number of nitrogens with zero attached hydrogens (tertiary/aromatic N) is 3. The summed E-state index contributed by atoms with van der Waals surface area (Å²) in [6.07, 6.45) is 5.61. The predicted octanol–water partition coefficient (Wildman–Crippen LogP) is 2.75. The topological polar surface area (TPSA) is 50.2 Å².